The van der Waals surface area contributed by atoms with E-state index >= 15 is 0 Å². The van der Waals surface area contributed by atoms with Gasteiger partial charge in [0, 0.05) is 13.1 Å². The topological polar surface area (TPSA) is 60.4 Å². The molecule has 0 aliphatic carbocycles. The van der Waals surface area contributed by atoms with Gasteiger partial charge in [-0.25, -0.2) is 0 Å². The van der Waals surface area contributed by atoms with Crippen LogP contribution in [0.5, 0.6) is 11.5 Å². The van der Waals surface area contributed by atoms with Crippen LogP contribution in [-0.2, 0) is 9.31 Å². The Morgan fingerprint density at radius 3 is 1.62 bits per heavy atom. The minimum atomic E-state index is -1.32. The van der Waals surface area contributed by atoms with Gasteiger partial charge in [-0.1, -0.05) is 101 Å². The summed E-state index contributed by atoms with van der Waals surface area (Å²) in [5.41, 5.74) is 2.16. The van der Waals surface area contributed by atoms with Crippen LogP contribution < -0.4 is 9.47 Å². The fraction of sp³-hybridized carbons (Fsp3) is 0.625. The molecule has 216 valence electrons. The zero-order valence-corrected chi connectivity index (χ0v) is 24.5. The van der Waals surface area contributed by atoms with Crippen molar-refractivity contribution in [3.05, 3.63) is 59.7 Å². The Kier molecular flexibility index (Phi) is 14.8. The molecule has 1 heterocycles. The van der Waals surface area contributed by atoms with Crippen molar-refractivity contribution < 1.29 is 23.8 Å². The van der Waals surface area contributed by atoms with Crippen LogP contribution in [0, 0.1) is 13.8 Å². The van der Waals surface area contributed by atoms with Gasteiger partial charge in [-0.2, -0.15) is 0 Å². The highest BCUT2D eigenvalue weighted by Crippen LogP contribution is 2.20. The number of rotatable bonds is 17. The molecule has 2 unspecified atom stereocenters. The molecule has 0 aromatic heterocycles. The van der Waals surface area contributed by atoms with Gasteiger partial charge in [0.2, 0.25) is 0 Å². The molecule has 0 radical (unpaired) electrons. The summed E-state index contributed by atoms with van der Waals surface area (Å²) < 4.78 is 24.0. The molecular weight excluding hydrogens is 489 g/mol. The van der Waals surface area contributed by atoms with E-state index in [0.29, 0.717) is 26.3 Å². The van der Waals surface area contributed by atoms with Crippen LogP contribution in [-0.4, -0.2) is 62.3 Å². The van der Waals surface area contributed by atoms with E-state index in [1.165, 1.54) is 57.8 Å². The summed E-state index contributed by atoms with van der Waals surface area (Å²) in [7, 11) is -1.32. The number of nitrogens with zero attached hydrogens (tertiary/aromatic N) is 1. The highest BCUT2D eigenvalue weighted by molar-refractivity contribution is 6.34. The highest BCUT2D eigenvalue weighted by atomic mass is 16.7. The van der Waals surface area contributed by atoms with E-state index in [9.17, 15) is 5.02 Å². The molecule has 2 aromatic carbocycles. The van der Waals surface area contributed by atoms with Crippen molar-refractivity contribution in [3.63, 3.8) is 0 Å². The molecule has 3 rings (SSSR count). The maximum Gasteiger partial charge on any atom is 0.637 e. The van der Waals surface area contributed by atoms with Gasteiger partial charge in [0.1, 0.15) is 24.7 Å². The van der Waals surface area contributed by atoms with Gasteiger partial charge < -0.3 is 23.8 Å². The third kappa shape index (κ3) is 12.3. The predicted octanol–water partition coefficient (Wildman–Crippen LogP) is 6.75. The monoisotopic (exact) mass is 539 g/mol. The summed E-state index contributed by atoms with van der Waals surface area (Å²) >= 11 is 0. The molecule has 0 bridgehead atoms. The van der Waals surface area contributed by atoms with Crippen LogP contribution in [0.3, 0.4) is 0 Å². The summed E-state index contributed by atoms with van der Waals surface area (Å²) in [5, 5.41) is 10.5. The van der Waals surface area contributed by atoms with Gasteiger partial charge in [0.15, 0.2) is 0 Å². The van der Waals surface area contributed by atoms with Crippen molar-refractivity contribution >= 4 is 7.32 Å². The lowest BCUT2D eigenvalue weighted by molar-refractivity contribution is -0.0316. The molecule has 6 nitrogen and oxygen atoms in total. The molecule has 1 fully saturated rings. The summed E-state index contributed by atoms with van der Waals surface area (Å²) in [5.74, 6) is 1.67. The Hall–Kier alpha value is -2.06. The molecular formula is C32H50BNO5. The van der Waals surface area contributed by atoms with Gasteiger partial charge in [0.05, 0.1) is 12.2 Å². The van der Waals surface area contributed by atoms with Crippen molar-refractivity contribution in [1.82, 2.24) is 4.90 Å². The second-order valence-electron chi connectivity index (χ2n) is 10.9. The molecule has 2 atom stereocenters. The molecule has 1 saturated heterocycles. The number of unbranched alkanes of at least 4 members (excludes halogenated alkanes) is 9. The first-order valence-corrected chi connectivity index (χ1v) is 15.1. The summed E-state index contributed by atoms with van der Waals surface area (Å²) in [6.07, 6.45) is 12.5. The van der Waals surface area contributed by atoms with Gasteiger partial charge in [0.25, 0.3) is 0 Å². The fourth-order valence-electron chi connectivity index (χ4n) is 5.09. The van der Waals surface area contributed by atoms with Crippen LogP contribution in [0.2, 0.25) is 0 Å². The smallest absolute Gasteiger partial charge is 0.491 e. The Morgan fingerprint density at radius 1 is 0.718 bits per heavy atom. The molecule has 0 spiro atoms. The molecule has 1 aliphatic heterocycles. The number of aryl methyl sites for hydroxylation is 2. The molecule has 7 heteroatoms. The largest absolute Gasteiger partial charge is 0.637 e. The first-order valence-electron chi connectivity index (χ1n) is 15.1. The number of ether oxygens (including phenoxy) is 2. The molecule has 0 saturated carbocycles. The number of hydrogen-bond donors (Lipinski definition) is 1. The van der Waals surface area contributed by atoms with Gasteiger partial charge in [-0.15, -0.1) is 0 Å². The van der Waals surface area contributed by atoms with Crippen LogP contribution in [0.1, 0.15) is 82.3 Å². The first-order chi connectivity index (χ1) is 19.0. The van der Waals surface area contributed by atoms with Crippen molar-refractivity contribution in [1.29, 1.82) is 0 Å². The van der Waals surface area contributed by atoms with Crippen molar-refractivity contribution in [2.75, 3.05) is 32.8 Å². The first kappa shape index (κ1) is 31.5. The number of para-hydroxylation sites is 2. The predicted molar refractivity (Wildman–Crippen MR) is 159 cm³/mol. The van der Waals surface area contributed by atoms with Crippen LogP contribution >= 0.6 is 0 Å². The maximum absolute atomic E-state index is 10.5. The van der Waals surface area contributed by atoms with E-state index in [1.807, 2.05) is 62.4 Å². The summed E-state index contributed by atoms with van der Waals surface area (Å²) in [6, 6.07) is 15.9. The standard InChI is InChI=1S/C32H50BNO5/c1-4-5-6-7-8-9-10-11-12-17-22-34-23-29(25-36-31-20-15-13-18-27(31)2)38-33(35)39-30(24-34)26-37-32-21-16-14-19-28(32)3/h13-16,18-21,29-30,35H,4-12,17,22-26H2,1-3H3. The summed E-state index contributed by atoms with van der Waals surface area (Å²) in [6.45, 7) is 9.33. The van der Waals surface area contributed by atoms with E-state index in [4.69, 9.17) is 18.8 Å². The third-order valence-corrected chi connectivity index (χ3v) is 7.41. The Bertz CT molecular complexity index is 867. The zero-order chi connectivity index (χ0) is 27.7. The van der Waals surface area contributed by atoms with Gasteiger partial charge in [-0.3, -0.25) is 4.90 Å². The van der Waals surface area contributed by atoms with Crippen LogP contribution in [0.25, 0.3) is 0 Å². The Morgan fingerprint density at radius 2 is 1.15 bits per heavy atom. The second-order valence-corrected chi connectivity index (χ2v) is 10.9. The number of benzene rings is 2. The van der Waals surface area contributed by atoms with E-state index < -0.39 is 7.32 Å². The molecule has 2 aromatic rings. The Labute approximate surface area is 237 Å². The molecule has 39 heavy (non-hydrogen) atoms. The summed E-state index contributed by atoms with van der Waals surface area (Å²) in [4.78, 5) is 2.38. The van der Waals surface area contributed by atoms with Crippen LogP contribution in [0.15, 0.2) is 48.5 Å². The quantitative estimate of drug-likeness (QED) is 0.177. The van der Waals surface area contributed by atoms with E-state index in [-0.39, 0.29) is 12.2 Å². The minimum Gasteiger partial charge on any atom is -0.491 e. The third-order valence-electron chi connectivity index (χ3n) is 7.41. The SMILES string of the molecule is CCCCCCCCCCCCN1CC(COc2ccccc2C)OB(O)OC(COc2ccccc2C)C1. The zero-order valence-electron chi connectivity index (χ0n) is 24.5. The van der Waals surface area contributed by atoms with E-state index in [0.717, 1.165) is 35.6 Å². The highest BCUT2D eigenvalue weighted by Gasteiger charge is 2.32. The van der Waals surface area contributed by atoms with E-state index in [2.05, 4.69) is 11.8 Å². The average Bonchev–Trinajstić information content (AvgIpc) is 2.91. The lowest BCUT2D eigenvalue weighted by atomic mass is 10.1. The maximum atomic E-state index is 10.5. The van der Waals surface area contributed by atoms with Gasteiger partial charge in [-0.05, 0) is 50.1 Å². The minimum absolute atomic E-state index is 0.305. The van der Waals surface area contributed by atoms with Crippen molar-refractivity contribution in [3.8, 4) is 11.5 Å². The molecule has 1 aliphatic rings. The van der Waals surface area contributed by atoms with Gasteiger partial charge >= 0.3 is 7.32 Å². The van der Waals surface area contributed by atoms with Crippen molar-refractivity contribution in [2.45, 2.75) is 97.2 Å². The van der Waals surface area contributed by atoms with E-state index in [1.54, 1.807) is 0 Å². The molecule has 1 N–H and O–H groups in total. The number of hydrogen-bond acceptors (Lipinski definition) is 6. The Balaban J connectivity index is 1.50. The normalized spacial score (nSPS) is 18.5. The fourth-order valence-corrected chi connectivity index (χ4v) is 5.09. The average molecular weight is 540 g/mol. The van der Waals surface area contributed by atoms with Crippen LogP contribution in [0.4, 0.5) is 0 Å². The second kappa shape index (κ2) is 18.3. The lowest BCUT2D eigenvalue weighted by Crippen LogP contribution is -2.51. The molecule has 0 amide bonds. The van der Waals surface area contributed by atoms with Crippen molar-refractivity contribution in [2.24, 2.45) is 0 Å². The lowest BCUT2D eigenvalue weighted by Gasteiger charge is -2.35.